The number of hydrogen-bond donors (Lipinski definition) is 3. The van der Waals surface area contributed by atoms with Gasteiger partial charge in [-0.05, 0) is 42.0 Å². The van der Waals surface area contributed by atoms with Crippen molar-refractivity contribution in [1.82, 2.24) is 5.32 Å². The van der Waals surface area contributed by atoms with Crippen LogP contribution in [0, 0.1) is 0 Å². The molecule has 2 atom stereocenters. The topological polar surface area (TPSA) is 58.1 Å². The second-order valence-corrected chi connectivity index (χ2v) is 7.88. The maximum atomic E-state index is 13.0. The molecule has 0 spiro atoms. The van der Waals surface area contributed by atoms with Crippen LogP contribution in [0.3, 0.4) is 0 Å². The zero-order valence-electron chi connectivity index (χ0n) is 17.0. The molecule has 4 nitrogen and oxygen atoms in total. The number of nitrogens with two attached hydrogens (primary N) is 1. The van der Waals surface area contributed by atoms with Crippen LogP contribution in [0.2, 0.25) is 5.02 Å². The van der Waals surface area contributed by atoms with E-state index in [9.17, 15) is 18.3 Å². The number of para-hydroxylation sites is 1. The Bertz CT molecular complexity index is 1130. The lowest BCUT2D eigenvalue weighted by Crippen LogP contribution is -2.89. The van der Waals surface area contributed by atoms with E-state index < -0.39 is 11.7 Å². The second-order valence-electron chi connectivity index (χ2n) is 7.45. The minimum Gasteiger partial charge on any atom is -0.504 e. The summed E-state index contributed by atoms with van der Waals surface area (Å²) in [7, 11) is 1.48. The summed E-state index contributed by atoms with van der Waals surface area (Å²) in [5, 5.41) is 16.6. The number of ether oxygens (including phenoxy) is 1. The fourth-order valence-electron chi connectivity index (χ4n) is 3.76. The molecule has 0 saturated carbocycles. The van der Waals surface area contributed by atoms with Crippen molar-refractivity contribution in [3.63, 3.8) is 0 Å². The predicted molar refractivity (Wildman–Crippen MR) is 116 cm³/mol. The third-order valence-electron chi connectivity index (χ3n) is 5.42. The summed E-state index contributed by atoms with van der Waals surface area (Å²) in [4.78, 5) is 0. The monoisotopic (exact) mass is 461 g/mol. The smallest absolute Gasteiger partial charge is 0.416 e. The lowest BCUT2D eigenvalue weighted by Gasteiger charge is -2.30. The van der Waals surface area contributed by atoms with Gasteiger partial charge in [0, 0.05) is 22.4 Å². The first kappa shape index (κ1) is 22.0. The molecule has 0 fully saturated rings. The van der Waals surface area contributed by atoms with Crippen LogP contribution in [0.1, 0.15) is 34.5 Å². The number of phenolic OH excluding ortho intramolecular Hbond substituents is 1. The van der Waals surface area contributed by atoms with E-state index >= 15 is 0 Å². The van der Waals surface area contributed by atoms with E-state index in [0.717, 1.165) is 23.4 Å². The highest BCUT2D eigenvalue weighted by Crippen LogP contribution is 2.35. The van der Waals surface area contributed by atoms with Crippen LogP contribution in [0.5, 0.6) is 11.5 Å². The van der Waals surface area contributed by atoms with Gasteiger partial charge in [-0.2, -0.15) is 13.2 Å². The maximum absolute atomic E-state index is 13.0. The first-order valence-electron chi connectivity index (χ1n) is 9.88. The van der Waals surface area contributed by atoms with E-state index in [0.29, 0.717) is 21.9 Å². The normalized spacial score (nSPS) is 18.6. The molecule has 0 saturated heterocycles. The Morgan fingerprint density at radius 1 is 1.00 bits per heavy atom. The van der Waals surface area contributed by atoms with Gasteiger partial charge in [0.25, 0.3) is 0 Å². The van der Waals surface area contributed by atoms with Crippen LogP contribution in [-0.2, 0) is 6.18 Å². The van der Waals surface area contributed by atoms with Gasteiger partial charge in [-0.15, -0.1) is 0 Å². The Hall–Kier alpha value is -3.16. The molecule has 0 bridgehead atoms. The molecule has 32 heavy (non-hydrogen) atoms. The molecule has 0 radical (unpaired) electrons. The quantitative estimate of drug-likeness (QED) is 0.511. The molecular weight excluding hydrogens is 441 g/mol. The number of alkyl halides is 3. The van der Waals surface area contributed by atoms with E-state index in [1.807, 2.05) is 23.5 Å². The van der Waals surface area contributed by atoms with Crippen LogP contribution in [0.15, 0.2) is 72.8 Å². The molecule has 3 aromatic carbocycles. The number of benzene rings is 3. The summed E-state index contributed by atoms with van der Waals surface area (Å²) in [6.07, 6.45) is -2.83. The van der Waals surface area contributed by atoms with Gasteiger partial charge >= 0.3 is 6.18 Å². The van der Waals surface area contributed by atoms with Gasteiger partial charge in [-0.25, -0.2) is 0 Å². The fraction of sp³-hybridized carbons (Fsp3) is 0.167. The number of phenols is 1. The molecule has 2 unspecified atom stereocenters. The van der Waals surface area contributed by atoms with Crippen LogP contribution in [0.25, 0.3) is 5.70 Å². The third-order valence-corrected chi connectivity index (χ3v) is 5.67. The highest BCUT2D eigenvalue weighted by molar-refractivity contribution is 6.30. The molecular formula is C24H21ClF3N2O2+. The van der Waals surface area contributed by atoms with Gasteiger partial charge in [0.1, 0.15) is 6.04 Å². The summed E-state index contributed by atoms with van der Waals surface area (Å²) in [5.41, 5.74) is 2.25. The Kier molecular flexibility index (Phi) is 6.04. The molecule has 1 aliphatic rings. The summed E-state index contributed by atoms with van der Waals surface area (Å²) in [5.74, 6) is 0.373. The van der Waals surface area contributed by atoms with E-state index in [2.05, 4.69) is 5.32 Å². The molecule has 1 aliphatic heterocycles. The van der Waals surface area contributed by atoms with Crippen LogP contribution in [-0.4, -0.2) is 12.2 Å². The van der Waals surface area contributed by atoms with Gasteiger partial charge in [-0.1, -0.05) is 41.9 Å². The van der Waals surface area contributed by atoms with Crippen molar-refractivity contribution in [3.8, 4) is 11.5 Å². The second kappa shape index (κ2) is 8.76. The number of nitrogens with one attached hydrogen (secondary N) is 1. The maximum Gasteiger partial charge on any atom is 0.416 e. The van der Waals surface area contributed by atoms with E-state index in [1.165, 1.54) is 19.2 Å². The summed E-state index contributed by atoms with van der Waals surface area (Å²) < 4.78 is 44.2. The number of aromatic hydroxyl groups is 1. The van der Waals surface area contributed by atoms with Crippen LogP contribution in [0.4, 0.5) is 13.2 Å². The Balaban J connectivity index is 1.74. The predicted octanol–water partition coefficient (Wildman–Crippen LogP) is 5.02. The molecule has 1 heterocycles. The van der Waals surface area contributed by atoms with Crippen molar-refractivity contribution in [2.75, 3.05) is 7.11 Å². The summed E-state index contributed by atoms with van der Waals surface area (Å²) >= 11 is 6.02. The van der Waals surface area contributed by atoms with Crippen molar-refractivity contribution >= 4 is 17.3 Å². The molecule has 0 aliphatic carbocycles. The Morgan fingerprint density at radius 3 is 2.31 bits per heavy atom. The molecule has 166 valence electrons. The van der Waals surface area contributed by atoms with Gasteiger partial charge in [0.15, 0.2) is 17.7 Å². The number of rotatable bonds is 4. The molecule has 8 heteroatoms. The molecule has 4 rings (SSSR count). The number of methoxy groups -OCH3 is 1. The lowest BCUT2D eigenvalue weighted by atomic mass is 9.97. The zero-order chi connectivity index (χ0) is 22.9. The van der Waals surface area contributed by atoms with Crippen molar-refractivity contribution in [3.05, 3.63) is 100 Å². The van der Waals surface area contributed by atoms with Gasteiger partial charge in [-0.3, -0.25) is 0 Å². The largest absolute Gasteiger partial charge is 0.504 e. The summed E-state index contributed by atoms with van der Waals surface area (Å²) in [6, 6.07) is 17.3. The Labute approximate surface area is 188 Å². The SMILES string of the molecule is COc1cccc(C2C=C(c3ccc(Cl)cc3)NC(c3ccc(C(F)(F)F)cc3)[NH2+]2)c1O. The van der Waals surface area contributed by atoms with E-state index in [-0.39, 0.29) is 18.0 Å². The van der Waals surface area contributed by atoms with Gasteiger partial charge < -0.3 is 20.5 Å². The van der Waals surface area contributed by atoms with Crippen molar-refractivity contribution in [2.24, 2.45) is 0 Å². The highest BCUT2D eigenvalue weighted by atomic mass is 35.5. The number of halogens is 4. The fourth-order valence-corrected chi connectivity index (χ4v) is 3.88. The standard InChI is InChI=1S/C24H20ClF3N2O2/c1-32-21-4-2-3-18(22(21)31)20-13-19(14-7-11-17(25)12-8-14)29-23(30-20)15-5-9-16(10-6-15)24(26,27)28/h2-13,20,23,29-31H,1H3/p+1. The lowest BCUT2D eigenvalue weighted by molar-refractivity contribution is -0.731. The zero-order valence-corrected chi connectivity index (χ0v) is 17.8. The minimum absolute atomic E-state index is 0.0241. The van der Waals surface area contributed by atoms with Crippen LogP contribution >= 0.6 is 11.6 Å². The van der Waals surface area contributed by atoms with Crippen molar-refractivity contribution < 1.29 is 28.3 Å². The number of quaternary nitrogens is 1. The number of hydrogen-bond acceptors (Lipinski definition) is 3. The van der Waals surface area contributed by atoms with Crippen molar-refractivity contribution in [1.29, 1.82) is 0 Å². The molecule has 0 aromatic heterocycles. The van der Waals surface area contributed by atoms with Crippen molar-refractivity contribution in [2.45, 2.75) is 18.4 Å². The average molecular weight is 462 g/mol. The summed E-state index contributed by atoms with van der Waals surface area (Å²) in [6.45, 7) is 0. The highest BCUT2D eigenvalue weighted by Gasteiger charge is 2.33. The third kappa shape index (κ3) is 4.54. The molecule has 3 aromatic rings. The van der Waals surface area contributed by atoms with E-state index in [1.54, 1.807) is 30.3 Å². The Morgan fingerprint density at radius 2 is 1.69 bits per heavy atom. The van der Waals surface area contributed by atoms with Crippen LogP contribution < -0.4 is 15.4 Å². The molecule has 4 N–H and O–H groups in total. The van der Waals surface area contributed by atoms with Gasteiger partial charge in [0.2, 0.25) is 0 Å². The van der Waals surface area contributed by atoms with E-state index in [4.69, 9.17) is 16.3 Å². The first-order chi connectivity index (χ1) is 15.3. The van der Waals surface area contributed by atoms with Gasteiger partial charge in [0.05, 0.1) is 18.2 Å². The average Bonchev–Trinajstić information content (AvgIpc) is 2.79. The molecule has 0 amide bonds. The first-order valence-corrected chi connectivity index (χ1v) is 10.3. The minimum atomic E-state index is -4.40.